The van der Waals surface area contributed by atoms with E-state index in [0.29, 0.717) is 36.0 Å². The molecule has 1 unspecified atom stereocenters. The molecule has 4 nitrogen and oxygen atoms in total. The number of ether oxygens (including phenoxy) is 1. The molecule has 1 aromatic carbocycles. The van der Waals surface area contributed by atoms with E-state index in [4.69, 9.17) is 4.74 Å². The van der Waals surface area contributed by atoms with E-state index in [9.17, 15) is 13.0 Å². The minimum absolute atomic E-state index is 0.220. The van der Waals surface area contributed by atoms with Gasteiger partial charge in [0.05, 0.1) is 24.6 Å². The summed E-state index contributed by atoms with van der Waals surface area (Å²) in [6, 6.07) is 7.54. The van der Waals surface area contributed by atoms with E-state index in [-0.39, 0.29) is 12.4 Å². The third-order valence-corrected chi connectivity index (χ3v) is 4.28. The van der Waals surface area contributed by atoms with Gasteiger partial charge in [-0.05, 0) is 36.8 Å². The van der Waals surface area contributed by atoms with Crippen LogP contribution in [0.1, 0.15) is 12.1 Å². The lowest BCUT2D eigenvalue weighted by atomic mass is 10.3. The topological polar surface area (TPSA) is 44.1 Å². The van der Waals surface area contributed by atoms with Crippen LogP contribution in [0.25, 0.3) is 0 Å². The highest BCUT2D eigenvalue weighted by atomic mass is 32.2. The molecule has 0 radical (unpaired) electrons. The molecule has 0 aliphatic heterocycles. The van der Waals surface area contributed by atoms with Crippen LogP contribution in [0.2, 0.25) is 0 Å². The molecule has 0 bridgehead atoms. The summed E-state index contributed by atoms with van der Waals surface area (Å²) in [7, 11) is -1.03. The second kappa shape index (κ2) is 8.63. The quantitative estimate of drug-likeness (QED) is 0.665. The minimum Gasteiger partial charge on any atom is -0.494 e. The van der Waals surface area contributed by atoms with Crippen LogP contribution in [0, 0.1) is 5.82 Å². The highest BCUT2D eigenvalue weighted by Gasteiger charge is 2.05. The first-order chi connectivity index (χ1) is 10.7. The van der Waals surface area contributed by atoms with E-state index >= 15 is 0 Å². The van der Waals surface area contributed by atoms with Crippen LogP contribution in [0.3, 0.4) is 0 Å². The molecule has 22 heavy (non-hydrogen) atoms. The van der Waals surface area contributed by atoms with E-state index in [1.54, 1.807) is 24.4 Å². The average Bonchev–Trinajstić information content (AvgIpc) is 2.93. The molecule has 1 heterocycles. The fourth-order valence-electron chi connectivity index (χ4n) is 1.87. The number of aryl methyl sites for hydroxylation is 1. The van der Waals surface area contributed by atoms with E-state index < -0.39 is 17.5 Å². The molecule has 0 N–H and O–H groups in total. The molecule has 0 saturated carbocycles. The fraction of sp³-hybridized carbons (Fsp3) is 0.400. The molecule has 0 fully saturated rings. The van der Waals surface area contributed by atoms with Crippen molar-refractivity contribution in [2.24, 2.45) is 0 Å². The Balaban J connectivity index is 1.65. The van der Waals surface area contributed by atoms with E-state index in [1.807, 2.05) is 0 Å². The molecular formula is C15H18F2N2O2S. The summed E-state index contributed by atoms with van der Waals surface area (Å²) in [5.41, 5.74) is 0.700. The standard InChI is InChI=1S/C15H18F2N2O2S/c16-7-9-19-8-6-14(18-19)12-22(20)11-1-10-21-15-4-2-13(17)3-5-15/h2-6,8H,1,7,9-12H2. The molecule has 120 valence electrons. The molecule has 0 spiro atoms. The number of alkyl halides is 1. The lowest BCUT2D eigenvalue weighted by molar-refractivity contribution is 0.318. The first-order valence-electron chi connectivity index (χ1n) is 6.99. The monoisotopic (exact) mass is 328 g/mol. The van der Waals surface area contributed by atoms with Crippen molar-refractivity contribution >= 4 is 10.8 Å². The maximum Gasteiger partial charge on any atom is 0.123 e. The Hall–Kier alpha value is -1.76. The van der Waals surface area contributed by atoms with Gasteiger partial charge >= 0.3 is 0 Å². The SMILES string of the molecule is O=S(CCCOc1ccc(F)cc1)Cc1ccn(CCF)n1. The first kappa shape index (κ1) is 16.6. The molecule has 7 heteroatoms. The van der Waals surface area contributed by atoms with Gasteiger partial charge in [0.15, 0.2) is 0 Å². The molecule has 0 amide bonds. The Morgan fingerprint density at radius 3 is 2.73 bits per heavy atom. The number of nitrogens with zero attached hydrogens (tertiary/aromatic N) is 2. The van der Waals surface area contributed by atoms with Gasteiger partial charge in [-0.1, -0.05) is 0 Å². The third-order valence-electron chi connectivity index (χ3n) is 2.92. The summed E-state index contributed by atoms with van der Waals surface area (Å²) >= 11 is 0. The van der Waals surface area contributed by atoms with E-state index in [1.165, 1.54) is 16.8 Å². The Labute approximate surface area is 130 Å². The zero-order valence-electron chi connectivity index (χ0n) is 12.1. The van der Waals surface area contributed by atoms with E-state index in [0.717, 1.165) is 0 Å². The molecule has 1 atom stereocenters. The van der Waals surface area contributed by atoms with Crippen molar-refractivity contribution in [2.45, 2.75) is 18.7 Å². The zero-order valence-corrected chi connectivity index (χ0v) is 12.9. The number of halogens is 2. The number of rotatable bonds is 9. The van der Waals surface area contributed by atoms with Crippen molar-refractivity contribution in [1.82, 2.24) is 9.78 Å². The normalized spacial score (nSPS) is 12.3. The molecular weight excluding hydrogens is 310 g/mol. The highest BCUT2D eigenvalue weighted by molar-refractivity contribution is 7.84. The summed E-state index contributed by atoms with van der Waals surface area (Å²) in [5.74, 6) is 1.14. The molecule has 2 aromatic rings. The van der Waals surface area contributed by atoms with Crippen LogP contribution >= 0.6 is 0 Å². The summed E-state index contributed by atoms with van der Waals surface area (Å²) in [6.07, 6.45) is 2.32. The Morgan fingerprint density at radius 2 is 2.00 bits per heavy atom. The second-order valence-electron chi connectivity index (χ2n) is 4.70. The molecule has 0 aliphatic rings. The first-order valence-corrected chi connectivity index (χ1v) is 8.48. The lowest BCUT2D eigenvalue weighted by Gasteiger charge is -2.05. The predicted octanol–water partition coefficient (Wildman–Crippen LogP) is 2.71. The van der Waals surface area contributed by atoms with E-state index in [2.05, 4.69) is 5.10 Å². The van der Waals surface area contributed by atoms with Gasteiger partial charge in [0.25, 0.3) is 0 Å². The molecule has 0 aliphatic carbocycles. The number of hydrogen-bond acceptors (Lipinski definition) is 3. The predicted molar refractivity (Wildman–Crippen MR) is 81.4 cm³/mol. The Bertz CT molecular complexity index is 602. The molecule has 0 saturated heterocycles. The van der Waals surface area contributed by atoms with Gasteiger partial charge in [0, 0.05) is 22.7 Å². The molecule has 1 aromatic heterocycles. The number of benzene rings is 1. The van der Waals surface area contributed by atoms with Crippen LogP contribution in [0.4, 0.5) is 8.78 Å². The summed E-state index contributed by atoms with van der Waals surface area (Å²) in [5, 5.41) is 4.14. The highest BCUT2D eigenvalue weighted by Crippen LogP contribution is 2.11. The van der Waals surface area contributed by atoms with Crippen molar-refractivity contribution in [3.8, 4) is 5.75 Å². The summed E-state index contributed by atoms with van der Waals surface area (Å²) in [6.45, 7) is 0.177. The van der Waals surface area contributed by atoms with Crippen LogP contribution in [-0.4, -0.2) is 33.0 Å². The number of aromatic nitrogens is 2. The fourth-order valence-corrected chi connectivity index (χ4v) is 2.94. The van der Waals surface area contributed by atoms with Gasteiger partial charge < -0.3 is 4.74 Å². The van der Waals surface area contributed by atoms with Gasteiger partial charge in [-0.3, -0.25) is 8.89 Å². The van der Waals surface area contributed by atoms with Gasteiger partial charge in [0.2, 0.25) is 0 Å². The van der Waals surface area contributed by atoms with Crippen molar-refractivity contribution in [3.63, 3.8) is 0 Å². The van der Waals surface area contributed by atoms with Gasteiger partial charge in [-0.15, -0.1) is 0 Å². The maximum absolute atomic E-state index is 12.7. The summed E-state index contributed by atoms with van der Waals surface area (Å²) in [4.78, 5) is 0. The summed E-state index contributed by atoms with van der Waals surface area (Å²) < 4.78 is 43.7. The minimum atomic E-state index is -1.03. The van der Waals surface area contributed by atoms with Gasteiger partial charge in [0.1, 0.15) is 18.2 Å². The Morgan fingerprint density at radius 1 is 1.23 bits per heavy atom. The van der Waals surface area contributed by atoms with Crippen LogP contribution in [0.15, 0.2) is 36.5 Å². The van der Waals surface area contributed by atoms with Crippen LogP contribution in [-0.2, 0) is 23.1 Å². The second-order valence-corrected chi connectivity index (χ2v) is 6.28. The van der Waals surface area contributed by atoms with Crippen LogP contribution < -0.4 is 4.74 Å². The van der Waals surface area contributed by atoms with Gasteiger partial charge in [-0.25, -0.2) is 8.78 Å². The zero-order chi connectivity index (χ0) is 15.8. The number of hydrogen-bond donors (Lipinski definition) is 0. The lowest BCUT2D eigenvalue weighted by Crippen LogP contribution is -2.07. The molecule has 2 rings (SSSR count). The maximum atomic E-state index is 12.7. The third kappa shape index (κ3) is 5.55. The largest absolute Gasteiger partial charge is 0.494 e. The smallest absolute Gasteiger partial charge is 0.123 e. The van der Waals surface area contributed by atoms with Gasteiger partial charge in [-0.2, -0.15) is 5.10 Å². The average molecular weight is 328 g/mol. The van der Waals surface area contributed by atoms with Crippen molar-refractivity contribution in [2.75, 3.05) is 19.0 Å². The van der Waals surface area contributed by atoms with Crippen LogP contribution in [0.5, 0.6) is 5.75 Å². The van der Waals surface area contributed by atoms with Crippen molar-refractivity contribution < 1.29 is 17.7 Å². The van der Waals surface area contributed by atoms with Crippen molar-refractivity contribution in [3.05, 3.63) is 48.0 Å². The van der Waals surface area contributed by atoms with Crippen molar-refractivity contribution in [1.29, 1.82) is 0 Å². The Kier molecular flexibility index (Phi) is 6.51.